The van der Waals surface area contributed by atoms with Crippen molar-refractivity contribution in [1.82, 2.24) is 20.0 Å². The van der Waals surface area contributed by atoms with Gasteiger partial charge in [0.25, 0.3) is 5.91 Å². The molecule has 0 fully saturated rings. The Balaban J connectivity index is 1.80. The van der Waals surface area contributed by atoms with Crippen LogP contribution in [0.1, 0.15) is 21.6 Å². The molecule has 2 heterocycles. The van der Waals surface area contributed by atoms with Crippen LogP contribution in [0.2, 0.25) is 0 Å². The maximum absolute atomic E-state index is 12.0. The van der Waals surface area contributed by atoms with Gasteiger partial charge in [0.2, 0.25) is 5.89 Å². The minimum atomic E-state index is -0.392. The highest BCUT2D eigenvalue weighted by Crippen LogP contribution is 2.24. The maximum atomic E-state index is 12.0. The SMILES string of the molecule is Cc1ccc(-c2nnc(NC(=O)c3ccn(C)n3)o2)c(C)c1. The zero-order chi connectivity index (χ0) is 15.7. The van der Waals surface area contributed by atoms with Crippen LogP contribution < -0.4 is 5.32 Å². The summed E-state index contributed by atoms with van der Waals surface area (Å²) in [6, 6.07) is 7.58. The molecule has 112 valence electrons. The maximum Gasteiger partial charge on any atom is 0.322 e. The fourth-order valence-electron chi connectivity index (χ4n) is 2.13. The van der Waals surface area contributed by atoms with Gasteiger partial charge in [0, 0.05) is 18.8 Å². The number of benzene rings is 1. The number of carbonyl (C=O) groups is 1. The Morgan fingerprint density at radius 1 is 1.23 bits per heavy atom. The molecule has 0 aliphatic rings. The van der Waals surface area contributed by atoms with Crippen molar-refractivity contribution in [3.63, 3.8) is 0 Å². The molecule has 3 aromatic rings. The van der Waals surface area contributed by atoms with Crippen molar-refractivity contribution in [3.8, 4) is 11.5 Å². The van der Waals surface area contributed by atoms with Gasteiger partial charge in [-0.3, -0.25) is 14.8 Å². The summed E-state index contributed by atoms with van der Waals surface area (Å²) < 4.78 is 7.05. The third-order valence-corrected chi connectivity index (χ3v) is 3.20. The number of anilines is 1. The van der Waals surface area contributed by atoms with E-state index in [1.165, 1.54) is 0 Å². The fourth-order valence-corrected chi connectivity index (χ4v) is 2.13. The molecule has 1 N–H and O–H groups in total. The molecule has 7 heteroatoms. The zero-order valence-corrected chi connectivity index (χ0v) is 12.5. The number of rotatable bonds is 3. The first-order valence-corrected chi connectivity index (χ1v) is 6.75. The van der Waals surface area contributed by atoms with Crippen molar-refractivity contribution in [1.29, 1.82) is 0 Å². The lowest BCUT2D eigenvalue weighted by Gasteiger charge is -2.01. The quantitative estimate of drug-likeness (QED) is 0.802. The molecule has 7 nitrogen and oxygen atoms in total. The number of nitrogens with one attached hydrogen (secondary N) is 1. The topological polar surface area (TPSA) is 85.8 Å². The Morgan fingerprint density at radius 2 is 2.05 bits per heavy atom. The second-order valence-electron chi connectivity index (χ2n) is 5.06. The van der Waals surface area contributed by atoms with Gasteiger partial charge < -0.3 is 4.42 Å². The van der Waals surface area contributed by atoms with Gasteiger partial charge in [-0.25, -0.2) is 0 Å². The van der Waals surface area contributed by atoms with E-state index in [1.54, 1.807) is 24.0 Å². The first-order valence-electron chi connectivity index (χ1n) is 6.75. The number of nitrogens with zero attached hydrogens (tertiary/aromatic N) is 4. The average Bonchev–Trinajstić information content (AvgIpc) is 3.08. The van der Waals surface area contributed by atoms with Gasteiger partial charge in [-0.05, 0) is 31.5 Å². The first kappa shape index (κ1) is 14.0. The lowest BCUT2D eigenvalue weighted by atomic mass is 10.1. The molecule has 0 unspecified atom stereocenters. The largest absolute Gasteiger partial charge is 0.403 e. The van der Waals surface area contributed by atoms with Crippen LogP contribution >= 0.6 is 0 Å². The third-order valence-electron chi connectivity index (χ3n) is 3.20. The monoisotopic (exact) mass is 297 g/mol. The highest BCUT2D eigenvalue weighted by molar-refractivity contribution is 6.01. The van der Waals surface area contributed by atoms with Crippen molar-refractivity contribution in [2.75, 3.05) is 5.32 Å². The van der Waals surface area contributed by atoms with E-state index in [1.807, 2.05) is 32.0 Å². The molecule has 0 aliphatic heterocycles. The minimum absolute atomic E-state index is 0.0469. The fraction of sp³-hybridized carbons (Fsp3) is 0.200. The summed E-state index contributed by atoms with van der Waals surface area (Å²) in [6.45, 7) is 3.99. The molecule has 0 bridgehead atoms. The standard InChI is InChI=1S/C15H15N5O2/c1-9-4-5-11(10(2)8-9)14-17-18-15(22-14)16-13(21)12-6-7-20(3)19-12/h4-8H,1-3H3,(H,16,18,21). The van der Waals surface area contributed by atoms with E-state index in [-0.39, 0.29) is 11.7 Å². The van der Waals surface area contributed by atoms with E-state index in [0.29, 0.717) is 5.89 Å². The Kier molecular flexibility index (Phi) is 3.46. The number of hydrogen-bond acceptors (Lipinski definition) is 5. The van der Waals surface area contributed by atoms with Crippen molar-refractivity contribution < 1.29 is 9.21 Å². The summed E-state index contributed by atoms with van der Waals surface area (Å²) in [4.78, 5) is 12.0. The molecule has 1 aromatic carbocycles. The number of aryl methyl sites for hydroxylation is 3. The van der Waals surface area contributed by atoms with Gasteiger partial charge in [-0.2, -0.15) is 5.10 Å². The lowest BCUT2D eigenvalue weighted by molar-refractivity contribution is 0.101. The molecule has 1 amide bonds. The van der Waals surface area contributed by atoms with Gasteiger partial charge >= 0.3 is 6.01 Å². The van der Waals surface area contributed by atoms with Gasteiger partial charge in [0.1, 0.15) is 0 Å². The van der Waals surface area contributed by atoms with Crippen LogP contribution in [0, 0.1) is 13.8 Å². The lowest BCUT2D eigenvalue weighted by Crippen LogP contribution is -2.13. The first-order chi connectivity index (χ1) is 10.5. The molecule has 22 heavy (non-hydrogen) atoms. The zero-order valence-electron chi connectivity index (χ0n) is 12.5. The van der Waals surface area contributed by atoms with Crippen molar-refractivity contribution in [2.24, 2.45) is 7.05 Å². The second-order valence-corrected chi connectivity index (χ2v) is 5.06. The summed E-state index contributed by atoms with van der Waals surface area (Å²) in [7, 11) is 1.74. The predicted molar refractivity (Wildman–Crippen MR) is 80.4 cm³/mol. The molecule has 0 saturated carbocycles. The van der Waals surface area contributed by atoms with Crippen LogP contribution in [0.5, 0.6) is 0 Å². The van der Waals surface area contributed by atoms with Gasteiger partial charge in [0.15, 0.2) is 5.69 Å². The summed E-state index contributed by atoms with van der Waals surface area (Å²) in [5.74, 6) is -0.0229. The Bertz CT molecular complexity index is 834. The van der Waals surface area contributed by atoms with Crippen LogP contribution in [0.3, 0.4) is 0 Å². The number of carbonyl (C=O) groups excluding carboxylic acids is 1. The van der Waals surface area contributed by atoms with Crippen LogP contribution in [0.15, 0.2) is 34.9 Å². The highest BCUT2D eigenvalue weighted by atomic mass is 16.4. The molecule has 0 atom stereocenters. The number of amides is 1. The van der Waals surface area contributed by atoms with Crippen LogP contribution in [-0.2, 0) is 7.05 Å². The third kappa shape index (κ3) is 2.73. The van der Waals surface area contributed by atoms with E-state index < -0.39 is 5.91 Å². The van der Waals surface area contributed by atoms with Crippen LogP contribution in [-0.4, -0.2) is 25.9 Å². The summed E-state index contributed by atoms with van der Waals surface area (Å²) in [5, 5.41) is 14.4. The average molecular weight is 297 g/mol. The van der Waals surface area contributed by atoms with E-state index in [4.69, 9.17) is 4.42 Å². The Hall–Kier alpha value is -2.96. The molecule has 3 rings (SSSR count). The molecular formula is C15H15N5O2. The van der Waals surface area contributed by atoms with Crippen molar-refractivity contribution in [2.45, 2.75) is 13.8 Å². The Morgan fingerprint density at radius 3 is 2.73 bits per heavy atom. The van der Waals surface area contributed by atoms with E-state index in [2.05, 4.69) is 20.6 Å². The van der Waals surface area contributed by atoms with E-state index >= 15 is 0 Å². The van der Waals surface area contributed by atoms with Gasteiger partial charge in [-0.15, -0.1) is 5.10 Å². The summed E-state index contributed by atoms with van der Waals surface area (Å²) in [5.41, 5.74) is 3.32. The Labute approximate surface area is 127 Å². The molecule has 0 saturated heterocycles. The van der Waals surface area contributed by atoms with Gasteiger partial charge in [0.05, 0.1) is 0 Å². The molecular weight excluding hydrogens is 282 g/mol. The van der Waals surface area contributed by atoms with Gasteiger partial charge in [-0.1, -0.05) is 22.8 Å². The highest BCUT2D eigenvalue weighted by Gasteiger charge is 2.15. The number of hydrogen-bond donors (Lipinski definition) is 1. The molecule has 0 radical (unpaired) electrons. The van der Waals surface area contributed by atoms with Crippen LogP contribution in [0.25, 0.3) is 11.5 Å². The predicted octanol–water partition coefficient (Wildman–Crippen LogP) is 2.34. The molecule has 2 aromatic heterocycles. The van der Waals surface area contributed by atoms with Crippen molar-refractivity contribution in [3.05, 3.63) is 47.3 Å². The summed E-state index contributed by atoms with van der Waals surface area (Å²) in [6.07, 6.45) is 1.68. The van der Waals surface area contributed by atoms with E-state index in [9.17, 15) is 4.79 Å². The second kappa shape index (κ2) is 5.44. The van der Waals surface area contributed by atoms with E-state index in [0.717, 1.165) is 16.7 Å². The smallest absolute Gasteiger partial charge is 0.322 e. The minimum Gasteiger partial charge on any atom is -0.403 e. The normalized spacial score (nSPS) is 10.7. The van der Waals surface area contributed by atoms with Crippen LogP contribution in [0.4, 0.5) is 6.01 Å². The molecule has 0 aliphatic carbocycles. The molecule has 0 spiro atoms. The summed E-state index contributed by atoms with van der Waals surface area (Å²) >= 11 is 0. The van der Waals surface area contributed by atoms with Crippen molar-refractivity contribution >= 4 is 11.9 Å². The number of aromatic nitrogens is 4.